The Bertz CT molecular complexity index is 1290. The number of halogens is 4. The molecule has 0 saturated heterocycles. The van der Waals surface area contributed by atoms with Crippen molar-refractivity contribution in [1.82, 2.24) is 14.3 Å². The van der Waals surface area contributed by atoms with E-state index in [9.17, 15) is 21.6 Å². The summed E-state index contributed by atoms with van der Waals surface area (Å²) in [6.45, 7) is 0.00847. The van der Waals surface area contributed by atoms with Gasteiger partial charge in [-0.1, -0.05) is 6.07 Å². The highest BCUT2D eigenvalue weighted by Gasteiger charge is 2.37. The Morgan fingerprint density at radius 1 is 1.12 bits per heavy atom. The molecule has 0 bridgehead atoms. The maximum Gasteiger partial charge on any atom is 0.433 e. The number of nitrogens with one attached hydrogen (secondary N) is 1. The molecule has 0 amide bonds. The van der Waals surface area contributed by atoms with Crippen molar-refractivity contribution in [3.63, 3.8) is 0 Å². The number of benzene rings is 1. The summed E-state index contributed by atoms with van der Waals surface area (Å²) in [4.78, 5) is 3.44. The number of alkyl halides is 3. The van der Waals surface area contributed by atoms with Gasteiger partial charge in [0.15, 0.2) is 5.69 Å². The zero-order chi connectivity index (χ0) is 22.7. The summed E-state index contributed by atoms with van der Waals surface area (Å²) in [7, 11) is -3.43. The molecule has 2 aliphatic rings. The van der Waals surface area contributed by atoms with Gasteiger partial charge in [-0.15, -0.1) is 0 Å². The number of pyridine rings is 1. The smallest absolute Gasteiger partial charge is 0.344 e. The molecular formula is C22H21F4N3O2S. The molecule has 1 aromatic carbocycles. The lowest BCUT2D eigenvalue weighted by molar-refractivity contribution is -0.140. The summed E-state index contributed by atoms with van der Waals surface area (Å²) in [5, 5.41) is 0.117. The minimum atomic E-state index is -4.72. The summed E-state index contributed by atoms with van der Waals surface area (Å²) in [5.74, 6) is -0.811. The summed E-state index contributed by atoms with van der Waals surface area (Å²) in [6, 6.07) is 5.33. The molecule has 5 rings (SSSR count). The first-order valence-corrected chi connectivity index (χ1v) is 12.0. The third kappa shape index (κ3) is 3.79. The van der Waals surface area contributed by atoms with Crippen molar-refractivity contribution in [2.24, 2.45) is 0 Å². The minimum absolute atomic E-state index is 0.00847. The van der Waals surface area contributed by atoms with E-state index < -0.39 is 27.7 Å². The molecule has 0 spiro atoms. The van der Waals surface area contributed by atoms with Crippen LogP contribution in [0, 0.1) is 5.82 Å². The second-order valence-electron chi connectivity index (χ2n) is 8.46. The van der Waals surface area contributed by atoms with E-state index >= 15 is 4.39 Å². The van der Waals surface area contributed by atoms with E-state index in [4.69, 9.17) is 0 Å². The SMILES string of the molecule is O=S(=O)(NCc1cn(C2CCC2)c2cc(-c3cccnc3C(F)(F)F)c(F)cc12)C1CC1. The predicted octanol–water partition coefficient (Wildman–Crippen LogP) is 5.17. The van der Waals surface area contributed by atoms with Crippen molar-refractivity contribution in [3.05, 3.63) is 53.7 Å². The van der Waals surface area contributed by atoms with Crippen LogP contribution in [0.2, 0.25) is 0 Å². The lowest BCUT2D eigenvalue weighted by atomic mass is 9.92. The van der Waals surface area contributed by atoms with Crippen LogP contribution in [0.5, 0.6) is 0 Å². The monoisotopic (exact) mass is 467 g/mol. The molecule has 10 heteroatoms. The fraction of sp³-hybridized carbons (Fsp3) is 0.409. The van der Waals surface area contributed by atoms with E-state index in [2.05, 4.69) is 9.71 Å². The lowest BCUT2D eigenvalue weighted by Gasteiger charge is -2.28. The second kappa shape index (κ2) is 7.55. The quantitative estimate of drug-likeness (QED) is 0.509. The molecule has 1 N–H and O–H groups in total. The van der Waals surface area contributed by atoms with Crippen LogP contribution in [0.15, 0.2) is 36.7 Å². The predicted molar refractivity (Wildman–Crippen MR) is 112 cm³/mol. The third-order valence-electron chi connectivity index (χ3n) is 6.27. The van der Waals surface area contributed by atoms with Gasteiger partial charge in [0.05, 0.1) is 5.25 Å². The molecule has 32 heavy (non-hydrogen) atoms. The van der Waals surface area contributed by atoms with E-state index in [0.717, 1.165) is 25.5 Å². The number of aromatic nitrogens is 2. The Hall–Kier alpha value is -2.46. The number of nitrogens with zero attached hydrogens (tertiary/aromatic N) is 2. The second-order valence-corrected chi connectivity index (χ2v) is 10.5. The van der Waals surface area contributed by atoms with Crippen molar-refractivity contribution in [2.45, 2.75) is 56.1 Å². The highest BCUT2D eigenvalue weighted by atomic mass is 32.2. The van der Waals surface area contributed by atoms with E-state index in [1.54, 1.807) is 6.20 Å². The standard InChI is InChI=1S/C22H21F4N3O2S/c23-19-9-17-13(11-28-32(30,31)15-6-7-15)12-29(14-3-1-4-14)20(17)10-18(19)16-5-2-8-27-21(16)22(24,25)26/h2,5,8-10,12,14-15,28H,1,3-4,6-7,11H2. The number of fused-ring (bicyclic) bond motifs is 1. The highest BCUT2D eigenvalue weighted by Crippen LogP contribution is 2.41. The summed E-state index contributed by atoms with van der Waals surface area (Å²) in [6.07, 6.45) is 2.20. The Morgan fingerprint density at radius 3 is 2.50 bits per heavy atom. The highest BCUT2D eigenvalue weighted by molar-refractivity contribution is 7.90. The van der Waals surface area contributed by atoms with Gasteiger partial charge in [-0.3, -0.25) is 4.98 Å². The molecule has 0 atom stereocenters. The van der Waals surface area contributed by atoms with Crippen LogP contribution in [0.25, 0.3) is 22.0 Å². The van der Waals surface area contributed by atoms with Crippen molar-refractivity contribution in [1.29, 1.82) is 0 Å². The third-order valence-corrected chi connectivity index (χ3v) is 8.16. The molecule has 0 radical (unpaired) electrons. The minimum Gasteiger partial charge on any atom is -0.344 e. The van der Waals surface area contributed by atoms with Crippen molar-refractivity contribution >= 4 is 20.9 Å². The Balaban J connectivity index is 1.62. The molecule has 5 nitrogen and oxygen atoms in total. The first kappa shape index (κ1) is 21.4. The van der Waals surface area contributed by atoms with Crippen LogP contribution in [0.3, 0.4) is 0 Å². The Labute approximate surface area is 182 Å². The largest absolute Gasteiger partial charge is 0.433 e. The molecule has 0 unspecified atom stereocenters. The maximum atomic E-state index is 15.1. The van der Waals surface area contributed by atoms with Gasteiger partial charge in [0.1, 0.15) is 5.82 Å². The molecule has 170 valence electrons. The molecular weight excluding hydrogens is 446 g/mol. The molecule has 3 aromatic rings. The van der Waals surface area contributed by atoms with Gasteiger partial charge in [-0.2, -0.15) is 13.2 Å². The molecule has 2 aliphatic carbocycles. The normalized spacial score (nSPS) is 17.6. The van der Waals surface area contributed by atoms with Crippen LogP contribution in [-0.2, 0) is 22.7 Å². The topological polar surface area (TPSA) is 64.0 Å². The van der Waals surface area contributed by atoms with E-state index in [1.807, 2.05) is 4.57 Å². The molecule has 0 aliphatic heterocycles. The zero-order valence-corrected chi connectivity index (χ0v) is 17.8. The molecule has 2 saturated carbocycles. The van der Waals surface area contributed by atoms with Gasteiger partial charge in [0, 0.05) is 47.0 Å². The van der Waals surface area contributed by atoms with E-state index in [1.165, 1.54) is 24.3 Å². The fourth-order valence-corrected chi connectivity index (χ4v) is 5.53. The Morgan fingerprint density at radius 2 is 1.88 bits per heavy atom. The van der Waals surface area contributed by atoms with Gasteiger partial charge >= 0.3 is 6.18 Å². The maximum absolute atomic E-state index is 15.1. The summed E-state index contributed by atoms with van der Waals surface area (Å²) >= 11 is 0. The van der Waals surface area contributed by atoms with Gasteiger partial charge < -0.3 is 4.57 Å². The first-order chi connectivity index (χ1) is 15.1. The van der Waals surface area contributed by atoms with Crippen molar-refractivity contribution in [3.8, 4) is 11.1 Å². The first-order valence-electron chi connectivity index (χ1n) is 10.5. The van der Waals surface area contributed by atoms with Crippen molar-refractivity contribution in [2.75, 3.05) is 0 Å². The van der Waals surface area contributed by atoms with E-state index in [-0.39, 0.29) is 29.0 Å². The average molecular weight is 467 g/mol. The summed E-state index contributed by atoms with van der Waals surface area (Å²) < 4.78 is 84.6. The van der Waals surface area contributed by atoms with Crippen LogP contribution in [0.4, 0.5) is 17.6 Å². The molecule has 2 heterocycles. The summed E-state index contributed by atoms with van der Waals surface area (Å²) in [5.41, 5.74) is -0.455. The van der Waals surface area contributed by atoms with Crippen molar-refractivity contribution < 1.29 is 26.0 Å². The van der Waals surface area contributed by atoms with Crippen LogP contribution >= 0.6 is 0 Å². The lowest BCUT2D eigenvalue weighted by Crippen LogP contribution is -2.26. The number of rotatable bonds is 6. The van der Waals surface area contributed by atoms with Gasteiger partial charge in [0.25, 0.3) is 0 Å². The van der Waals surface area contributed by atoms with Crippen LogP contribution in [0.1, 0.15) is 49.4 Å². The Kier molecular flexibility index (Phi) is 5.05. The average Bonchev–Trinajstić information content (AvgIpc) is 3.50. The molecule has 2 aromatic heterocycles. The van der Waals surface area contributed by atoms with Gasteiger partial charge in [0.2, 0.25) is 10.0 Å². The number of sulfonamides is 1. The number of hydrogen-bond donors (Lipinski definition) is 1. The van der Waals surface area contributed by atoms with Crippen LogP contribution < -0.4 is 4.72 Å². The zero-order valence-electron chi connectivity index (χ0n) is 17.0. The van der Waals surface area contributed by atoms with Gasteiger partial charge in [-0.05, 0) is 55.9 Å². The fourth-order valence-electron chi connectivity index (χ4n) is 4.18. The van der Waals surface area contributed by atoms with Crippen LogP contribution in [-0.4, -0.2) is 23.2 Å². The molecule has 2 fully saturated rings. The van der Waals surface area contributed by atoms with E-state index in [0.29, 0.717) is 29.3 Å². The number of hydrogen-bond acceptors (Lipinski definition) is 3. The van der Waals surface area contributed by atoms with Gasteiger partial charge in [-0.25, -0.2) is 17.5 Å².